The van der Waals surface area contributed by atoms with Gasteiger partial charge in [0.15, 0.2) is 23.0 Å². The minimum Gasteiger partial charge on any atom is -0.493 e. The van der Waals surface area contributed by atoms with Crippen molar-refractivity contribution < 1.29 is 18.9 Å². The van der Waals surface area contributed by atoms with Crippen molar-refractivity contribution in [2.45, 2.75) is 32.0 Å². The van der Waals surface area contributed by atoms with Crippen molar-refractivity contribution in [3.63, 3.8) is 0 Å². The van der Waals surface area contributed by atoms with Crippen LogP contribution in [0, 0.1) is 0 Å². The van der Waals surface area contributed by atoms with Gasteiger partial charge in [-0.3, -0.25) is 4.90 Å². The van der Waals surface area contributed by atoms with Crippen LogP contribution in [0.15, 0.2) is 54.6 Å². The van der Waals surface area contributed by atoms with Crippen molar-refractivity contribution in [3.05, 3.63) is 82.4 Å². The van der Waals surface area contributed by atoms with Gasteiger partial charge in [-0.1, -0.05) is 36.4 Å². The maximum Gasteiger partial charge on any atom is 0.165 e. The lowest BCUT2D eigenvalue weighted by atomic mass is 9.83. The summed E-state index contributed by atoms with van der Waals surface area (Å²) in [6.45, 7) is 2.38. The van der Waals surface area contributed by atoms with E-state index in [1.165, 1.54) is 22.3 Å². The number of ether oxygens (including phenoxy) is 4. The normalized spacial score (nSPS) is 17.0. The number of nitrogens with zero attached hydrogens (tertiary/aromatic N) is 1. The average Bonchev–Trinajstić information content (AvgIpc) is 2.85. The zero-order chi connectivity index (χ0) is 22.1. The monoisotopic (exact) mass is 431 g/mol. The Morgan fingerprint density at radius 2 is 1.66 bits per heavy atom. The van der Waals surface area contributed by atoms with Gasteiger partial charge in [-0.15, -0.1) is 0 Å². The van der Waals surface area contributed by atoms with Crippen molar-refractivity contribution in [3.8, 4) is 23.0 Å². The first kappa shape index (κ1) is 20.7. The molecule has 0 N–H and O–H groups in total. The molecule has 2 heterocycles. The van der Waals surface area contributed by atoms with E-state index >= 15 is 0 Å². The van der Waals surface area contributed by atoms with Crippen molar-refractivity contribution in [2.24, 2.45) is 0 Å². The summed E-state index contributed by atoms with van der Waals surface area (Å²) in [4.78, 5) is 2.54. The summed E-state index contributed by atoms with van der Waals surface area (Å²) >= 11 is 0. The van der Waals surface area contributed by atoms with Crippen LogP contribution >= 0.6 is 0 Å². The van der Waals surface area contributed by atoms with E-state index in [2.05, 4.69) is 35.2 Å². The van der Waals surface area contributed by atoms with E-state index in [0.717, 1.165) is 54.5 Å². The fourth-order valence-corrected chi connectivity index (χ4v) is 5.00. The molecule has 0 saturated heterocycles. The van der Waals surface area contributed by atoms with E-state index in [4.69, 9.17) is 18.9 Å². The number of rotatable bonds is 6. The summed E-state index contributed by atoms with van der Waals surface area (Å²) in [5.74, 6) is 3.25. The van der Waals surface area contributed by atoms with Crippen LogP contribution in [0.3, 0.4) is 0 Å². The number of fused-ring (bicyclic) bond motifs is 4. The molecule has 166 valence electrons. The minimum atomic E-state index is 0.314. The Morgan fingerprint density at radius 3 is 2.41 bits per heavy atom. The van der Waals surface area contributed by atoms with Gasteiger partial charge in [-0.2, -0.15) is 0 Å². The molecule has 2 aliphatic heterocycles. The predicted molar refractivity (Wildman–Crippen MR) is 124 cm³/mol. The fraction of sp³-hybridized carbons (Fsp3) is 0.333. The number of methoxy groups -OCH3 is 3. The van der Waals surface area contributed by atoms with Crippen LogP contribution in [0.5, 0.6) is 23.0 Å². The maximum atomic E-state index is 6.22. The Morgan fingerprint density at radius 1 is 0.844 bits per heavy atom. The summed E-state index contributed by atoms with van der Waals surface area (Å²) < 4.78 is 23.1. The van der Waals surface area contributed by atoms with E-state index < -0.39 is 0 Å². The van der Waals surface area contributed by atoms with Crippen molar-refractivity contribution in [1.29, 1.82) is 0 Å². The van der Waals surface area contributed by atoms with E-state index in [9.17, 15) is 0 Å². The van der Waals surface area contributed by atoms with Gasteiger partial charge in [0.2, 0.25) is 0 Å². The molecule has 5 heteroatoms. The lowest BCUT2D eigenvalue weighted by Gasteiger charge is -2.42. The molecule has 2 aliphatic rings. The number of hydrogen-bond acceptors (Lipinski definition) is 5. The van der Waals surface area contributed by atoms with Crippen LogP contribution in [-0.4, -0.2) is 32.8 Å². The lowest BCUT2D eigenvalue weighted by molar-refractivity contribution is 0.157. The summed E-state index contributed by atoms with van der Waals surface area (Å²) in [7, 11) is 5.12. The molecule has 1 unspecified atom stereocenters. The third kappa shape index (κ3) is 3.67. The molecule has 32 heavy (non-hydrogen) atoms. The van der Waals surface area contributed by atoms with Gasteiger partial charge in [-0.25, -0.2) is 0 Å². The number of benzene rings is 3. The second-order valence-electron chi connectivity index (χ2n) is 8.36. The van der Waals surface area contributed by atoms with Crippen LogP contribution in [0.4, 0.5) is 0 Å². The van der Waals surface area contributed by atoms with E-state index in [1.807, 2.05) is 24.3 Å². The smallest absolute Gasteiger partial charge is 0.165 e. The molecule has 5 nitrogen and oxygen atoms in total. The van der Waals surface area contributed by atoms with Gasteiger partial charge in [0.1, 0.15) is 6.61 Å². The zero-order valence-electron chi connectivity index (χ0n) is 18.9. The van der Waals surface area contributed by atoms with Gasteiger partial charge in [0.05, 0.1) is 21.3 Å². The van der Waals surface area contributed by atoms with Crippen LogP contribution in [0.1, 0.15) is 33.9 Å². The molecule has 0 aliphatic carbocycles. The topological polar surface area (TPSA) is 40.2 Å². The van der Waals surface area contributed by atoms with Gasteiger partial charge >= 0.3 is 0 Å². The first-order chi connectivity index (χ1) is 15.7. The first-order valence-electron chi connectivity index (χ1n) is 11.1. The van der Waals surface area contributed by atoms with Gasteiger partial charge in [0.25, 0.3) is 0 Å². The Kier molecular flexibility index (Phi) is 5.66. The molecule has 0 fully saturated rings. The maximum absolute atomic E-state index is 6.22. The quantitative estimate of drug-likeness (QED) is 0.553. The van der Waals surface area contributed by atoms with Gasteiger partial charge < -0.3 is 18.9 Å². The third-order valence-electron chi connectivity index (χ3n) is 6.65. The summed E-state index contributed by atoms with van der Waals surface area (Å²) in [5.41, 5.74) is 6.38. The van der Waals surface area contributed by atoms with E-state index in [1.54, 1.807) is 21.3 Å². The average molecular weight is 432 g/mol. The first-order valence-corrected chi connectivity index (χ1v) is 11.1. The molecule has 0 aromatic heterocycles. The minimum absolute atomic E-state index is 0.314. The standard InChI is InChI=1S/C27H29NO4/c1-29-24-10-9-19-13-23-21-15-26(32-17-18-7-5-4-6-8-18)25(30-2)14-20(21)11-12-28(23)16-22(19)27(24)31-3/h4-10,14-15,23H,11-13,16-17H2,1-3H3. The van der Waals surface area contributed by atoms with Gasteiger partial charge in [-0.05, 0) is 53.3 Å². The van der Waals surface area contributed by atoms with Crippen LogP contribution in [0.2, 0.25) is 0 Å². The molecule has 1 atom stereocenters. The molecule has 0 bridgehead atoms. The Hall–Kier alpha value is -3.18. The molecule has 0 radical (unpaired) electrons. The fourth-order valence-electron chi connectivity index (χ4n) is 5.00. The Labute approximate surface area is 189 Å². The molecule has 0 amide bonds. The Bertz CT molecular complexity index is 1110. The highest BCUT2D eigenvalue weighted by atomic mass is 16.5. The molecular weight excluding hydrogens is 402 g/mol. The SMILES string of the molecule is COc1cc2c(cc1OCc1ccccc1)C1Cc3ccc(OC)c(OC)c3CN1CC2. The predicted octanol–water partition coefficient (Wildman–Crippen LogP) is 4.95. The second kappa shape index (κ2) is 8.75. The highest BCUT2D eigenvalue weighted by molar-refractivity contribution is 5.54. The summed E-state index contributed by atoms with van der Waals surface area (Å²) in [5, 5.41) is 0. The molecular formula is C27H29NO4. The van der Waals surface area contributed by atoms with E-state index in [-0.39, 0.29) is 0 Å². The van der Waals surface area contributed by atoms with Crippen LogP contribution in [0.25, 0.3) is 0 Å². The van der Waals surface area contributed by atoms with Crippen molar-refractivity contribution in [2.75, 3.05) is 27.9 Å². The Balaban J connectivity index is 1.47. The zero-order valence-corrected chi connectivity index (χ0v) is 18.9. The summed E-state index contributed by atoms with van der Waals surface area (Å²) in [6, 6.07) is 19.1. The van der Waals surface area contributed by atoms with Crippen LogP contribution in [-0.2, 0) is 26.0 Å². The second-order valence-corrected chi connectivity index (χ2v) is 8.36. The summed E-state index contributed by atoms with van der Waals surface area (Å²) in [6.07, 6.45) is 1.93. The molecule has 0 saturated carbocycles. The van der Waals surface area contributed by atoms with Crippen molar-refractivity contribution >= 4 is 0 Å². The molecule has 5 rings (SSSR count). The number of hydrogen-bond donors (Lipinski definition) is 0. The highest BCUT2D eigenvalue weighted by Gasteiger charge is 2.35. The van der Waals surface area contributed by atoms with Crippen LogP contribution < -0.4 is 18.9 Å². The molecule has 3 aromatic rings. The molecule has 0 spiro atoms. The largest absolute Gasteiger partial charge is 0.493 e. The lowest BCUT2D eigenvalue weighted by Crippen LogP contribution is -2.39. The third-order valence-corrected chi connectivity index (χ3v) is 6.65. The highest BCUT2D eigenvalue weighted by Crippen LogP contribution is 2.45. The molecule has 3 aromatic carbocycles. The van der Waals surface area contributed by atoms with E-state index in [0.29, 0.717) is 12.6 Å². The van der Waals surface area contributed by atoms with Gasteiger partial charge in [0, 0.05) is 24.7 Å². The van der Waals surface area contributed by atoms with Crippen molar-refractivity contribution in [1.82, 2.24) is 4.90 Å².